The highest BCUT2D eigenvalue weighted by molar-refractivity contribution is 7.47. The maximum absolute atomic E-state index is 13.1. The third kappa shape index (κ3) is 75.9. The Morgan fingerprint density at radius 3 is 0.808 bits per heavy atom. The molecule has 104 heavy (non-hydrogen) atoms. The largest absolute Gasteiger partial charge is 0.472 e. The molecule has 0 rings (SSSR count). The Hall–Kier alpha value is -4.28. The number of aliphatic hydroxyl groups excluding tert-OH is 1. The van der Waals surface area contributed by atoms with Crippen LogP contribution in [0.15, 0.2) is 109 Å². The molecule has 0 saturated heterocycles. The molecule has 0 aliphatic carbocycles. The fourth-order valence-electron chi connectivity index (χ4n) is 11.1. The smallest absolute Gasteiger partial charge is 0.462 e. The lowest BCUT2D eigenvalue weighted by molar-refractivity contribution is -0.161. The molecule has 0 aromatic carbocycles. The zero-order chi connectivity index (χ0) is 76.0. The van der Waals surface area contributed by atoms with Gasteiger partial charge in [-0.05, 0) is 103 Å². The Morgan fingerprint density at radius 1 is 0.279 bits per heavy atom. The standard InChI is InChI=1S/C85H148O17P2/c1-5-9-13-17-21-25-29-33-36-38-39-41-43-47-50-54-58-62-66-70-83(88)96-76-81(102-85(90)72-68-64-60-56-52-48-44-40-37-34-30-26-22-18-14-10-6-2)78-100-104(93,94)98-74-79(86)73-97-103(91,92)99-77-80(101-84(89)71-67-63-59-55-51-45-32-28-24-20-16-12-8-4)75-95-82(87)69-65-61-57-53-49-46-42-35-31-27-23-19-15-11-7-3/h9-10,13-14,21-22,25-26,33-34,36-37,39,41,44,48,56,60,79-81,86H,5-8,11-12,15-20,23-24,27-32,35,38,40,42-43,45-47,49-55,57-59,61-78H2,1-4H3,(H,91,92)(H,93,94)/b13-9-,14-10-,25-21-,26-22-,36-33-,37-34-,41-39-,48-44-,60-56-. The first-order valence-electron chi connectivity index (χ1n) is 41.1. The van der Waals surface area contributed by atoms with Crippen molar-refractivity contribution in [2.75, 3.05) is 39.6 Å². The van der Waals surface area contributed by atoms with E-state index >= 15 is 0 Å². The summed E-state index contributed by atoms with van der Waals surface area (Å²) in [5, 5.41) is 10.6. The zero-order valence-corrected chi connectivity index (χ0v) is 67.5. The van der Waals surface area contributed by atoms with E-state index in [4.69, 9.17) is 37.0 Å². The number of ether oxygens (including phenoxy) is 4. The van der Waals surface area contributed by atoms with Crippen molar-refractivity contribution in [3.05, 3.63) is 109 Å². The van der Waals surface area contributed by atoms with Gasteiger partial charge in [-0.2, -0.15) is 0 Å². The number of rotatable bonds is 77. The molecule has 5 atom stereocenters. The van der Waals surface area contributed by atoms with Crippen molar-refractivity contribution in [3.63, 3.8) is 0 Å². The highest BCUT2D eigenvalue weighted by Crippen LogP contribution is 2.45. The molecule has 0 radical (unpaired) electrons. The molecule has 0 bridgehead atoms. The zero-order valence-electron chi connectivity index (χ0n) is 65.7. The van der Waals surface area contributed by atoms with Crippen molar-refractivity contribution in [1.29, 1.82) is 0 Å². The maximum atomic E-state index is 13.1. The SMILES string of the molecule is CC/C=C\C/C=C\C/C=C\C/C=C\C/C=C\CCCC(=O)OC(COC(=O)CCCCCCCC/C=C\C/C=C\C/C=C\C/C=C\CC)COP(=O)(O)OCC(O)COP(=O)(O)OCC(COC(=O)CCCCCCCCCCCCCCCCC)OC(=O)CCCCCCCCCCCCCCC. The van der Waals surface area contributed by atoms with Gasteiger partial charge in [0.25, 0.3) is 0 Å². The molecular weight excluding hydrogens is 1350 g/mol. The van der Waals surface area contributed by atoms with E-state index in [2.05, 4.69) is 125 Å². The van der Waals surface area contributed by atoms with Gasteiger partial charge in [0.15, 0.2) is 12.2 Å². The lowest BCUT2D eigenvalue weighted by Crippen LogP contribution is -2.30. The fraction of sp³-hybridized carbons (Fsp3) is 0.741. The highest BCUT2D eigenvalue weighted by Gasteiger charge is 2.30. The predicted octanol–water partition coefficient (Wildman–Crippen LogP) is 24.1. The first kappa shape index (κ1) is 99.7. The third-order valence-corrected chi connectivity index (χ3v) is 19.2. The van der Waals surface area contributed by atoms with E-state index in [-0.39, 0.29) is 25.7 Å². The lowest BCUT2D eigenvalue weighted by atomic mass is 10.0. The van der Waals surface area contributed by atoms with Crippen LogP contribution in [0.5, 0.6) is 0 Å². The highest BCUT2D eigenvalue weighted by atomic mass is 31.2. The number of phosphoric ester groups is 2. The van der Waals surface area contributed by atoms with Crippen LogP contribution in [-0.4, -0.2) is 96.7 Å². The molecule has 0 spiro atoms. The van der Waals surface area contributed by atoms with Gasteiger partial charge >= 0.3 is 39.5 Å². The number of unbranched alkanes of at least 4 members (excludes halogenated alkanes) is 33. The van der Waals surface area contributed by atoms with Crippen molar-refractivity contribution < 1.29 is 80.2 Å². The minimum Gasteiger partial charge on any atom is -0.462 e. The summed E-state index contributed by atoms with van der Waals surface area (Å²) in [7, 11) is -9.97. The van der Waals surface area contributed by atoms with Crippen LogP contribution < -0.4 is 0 Å². The normalized spacial score (nSPS) is 14.4. The summed E-state index contributed by atoms with van der Waals surface area (Å²) in [5.41, 5.74) is 0. The second-order valence-corrected chi connectivity index (χ2v) is 30.2. The Labute approximate surface area is 632 Å². The van der Waals surface area contributed by atoms with Crippen LogP contribution in [0.4, 0.5) is 0 Å². The number of carbonyl (C=O) groups excluding carboxylic acids is 4. The summed E-state index contributed by atoms with van der Waals surface area (Å²) >= 11 is 0. The maximum Gasteiger partial charge on any atom is 0.472 e. The molecule has 600 valence electrons. The molecule has 5 unspecified atom stereocenters. The van der Waals surface area contributed by atoms with Gasteiger partial charge < -0.3 is 33.8 Å². The molecule has 0 amide bonds. The summed E-state index contributed by atoms with van der Waals surface area (Å²) in [6.07, 6.45) is 83.5. The van der Waals surface area contributed by atoms with E-state index < -0.39 is 97.5 Å². The van der Waals surface area contributed by atoms with Gasteiger partial charge in [-0.3, -0.25) is 37.3 Å². The minimum atomic E-state index is -5.00. The molecule has 0 aromatic rings. The second-order valence-electron chi connectivity index (χ2n) is 27.3. The van der Waals surface area contributed by atoms with Crippen LogP contribution in [0.1, 0.15) is 349 Å². The van der Waals surface area contributed by atoms with E-state index in [1.165, 1.54) is 122 Å². The van der Waals surface area contributed by atoms with E-state index in [9.17, 15) is 43.2 Å². The average Bonchev–Trinajstić information content (AvgIpc) is 0.917. The van der Waals surface area contributed by atoms with Crippen molar-refractivity contribution in [2.45, 2.75) is 367 Å². The average molecular weight is 1500 g/mol. The number of hydrogen-bond donors (Lipinski definition) is 3. The van der Waals surface area contributed by atoms with Crippen molar-refractivity contribution >= 4 is 39.5 Å². The fourth-order valence-corrected chi connectivity index (χ4v) is 12.7. The molecule has 19 heteroatoms. The predicted molar refractivity (Wildman–Crippen MR) is 427 cm³/mol. The van der Waals surface area contributed by atoms with Crippen molar-refractivity contribution in [3.8, 4) is 0 Å². The number of hydrogen-bond acceptors (Lipinski definition) is 15. The minimum absolute atomic E-state index is 0.0124. The summed E-state index contributed by atoms with van der Waals surface area (Å²) in [6, 6.07) is 0. The molecule has 3 N–H and O–H groups in total. The van der Waals surface area contributed by atoms with Gasteiger partial charge in [0.1, 0.15) is 19.3 Å². The Morgan fingerprint density at radius 2 is 0.510 bits per heavy atom. The Balaban J connectivity index is 5.39. The monoisotopic (exact) mass is 1500 g/mol. The summed E-state index contributed by atoms with van der Waals surface area (Å²) in [5.74, 6) is -2.24. The van der Waals surface area contributed by atoms with Gasteiger partial charge in [0.05, 0.1) is 26.4 Å². The lowest BCUT2D eigenvalue weighted by Gasteiger charge is -2.21. The van der Waals surface area contributed by atoms with Crippen LogP contribution in [0.25, 0.3) is 0 Å². The third-order valence-electron chi connectivity index (χ3n) is 17.3. The summed E-state index contributed by atoms with van der Waals surface area (Å²) in [6.45, 7) is 4.62. The molecule has 17 nitrogen and oxygen atoms in total. The number of aliphatic hydroxyl groups is 1. The van der Waals surface area contributed by atoms with Crippen molar-refractivity contribution in [1.82, 2.24) is 0 Å². The van der Waals surface area contributed by atoms with Gasteiger partial charge in [0.2, 0.25) is 0 Å². The molecule has 0 saturated carbocycles. The Kier molecular flexibility index (Phi) is 73.7. The quantitative estimate of drug-likeness (QED) is 0.0169. The van der Waals surface area contributed by atoms with Crippen LogP contribution in [0, 0.1) is 0 Å². The first-order chi connectivity index (χ1) is 50.7. The van der Waals surface area contributed by atoms with Crippen LogP contribution >= 0.6 is 15.6 Å². The van der Waals surface area contributed by atoms with Crippen molar-refractivity contribution in [2.24, 2.45) is 0 Å². The summed E-state index contributed by atoms with van der Waals surface area (Å²) in [4.78, 5) is 73.1. The van der Waals surface area contributed by atoms with E-state index in [1.54, 1.807) is 0 Å². The topological polar surface area (TPSA) is 237 Å². The van der Waals surface area contributed by atoms with Gasteiger partial charge in [-0.25, -0.2) is 9.13 Å². The number of allylic oxidation sites excluding steroid dienone is 18. The molecule has 0 fully saturated rings. The van der Waals surface area contributed by atoms with E-state index in [0.717, 1.165) is 141 Å². The molecule has 0 aromatic heterocycles. The van der Waals surface area contributed by atoms with Gasteiger partial charge in [-0.1, -0.05) is 330 Å². The van der Waals surface area contributed by atoms with Crippen LogP contribution in [-0.2, 0) is 65.4 Å². The molecule has 0 aliphatic rings. The summed E-state index contributed by atoms with van der Waals surface area (Å²) < 4.78 is 68.6. The Bertz CT molecular complexity index is 2390. The number of phosphoric acid groups is 2. The van der Waals surface area contributed by atoms with E-state index in [0.29, 0.717) is 32.1 Å². The number of esters is 4. The number of carbonyl (C=O) groups is 4. The van der Waals surface area contributed by atoms with Crippen LogP contribution in [0.2, 0.25) is 0 Å². The second kappa shape index (κ2) is 76.9. The first-order valence-corrected chi connectivity index (χ1v) is 44.1. The van der Waals surface area contributed by atoms with Gasteiger partial charge in [0, 0.05) is 25.7 Å². The van der Waals surface area contributed by atoms with Gasteiger partial charge in [-0.15, -0.1) is 0 Å². The van der Waals surface area contributed by atoms with E-state index in [1.807, 2.05) is 12.2 Å². The van der Waals surface area contributed by atoms with Crippen LogP contribution in [0.3, 0.4) is 0 Å². The molecular formula is C85H148O17P2. The molecule has 0 aliphatic heterocycles. The molecule has 0 heterocycles.